The van der Waals surface area contributed by atoms with Crippen LogP contribution in [0.2, 0.25) is 0 Å². The Balaban J connectivity index is 1.26. The van der Waals surface area contributed by atoms with Gasteiger partial charge < -0.3 is 20.3 Å². The number of morpholine rings is 1. The summed E-state index contributed by atoms with van der Waals surface area (Å²) < 4.78 is 5.42. The van der Waals surface area contributed by atoms with Gasteiger partial charge in [-0.15, -0.1) is 0 Å². The van der Waals surface area contributed by atoms with E-state index < -0.39 is 0 Å². The van der Waals surface area contributed by atoms with E-state index >= 15 is 0 Å². The van der Waals surface area contributed by atoms with Gasteiger partial charge in [0.25, 0.3) is 0 Å². The molecule has 1 aliphatic rings. The first kappa shape index (κ1) is 21.0. The average molecular weight is 443 g/mol. The van der Waals surface area contributed by atoms with Crippen molar-refractivity contribution >= 4 is 34.1 Å². The Labute approximate surface area is 192 Å². The number of rotatable bonds is 4. The molecule has 4 aromatic rings. The quantitative estimate of drug-likeness (QED) is 0.425. The molecule has 3 heterocycles. The van der Waals surface area contributed by atoms with Gasteiger partial charge in [0.1, 0.15) is 0 Å². The third-order valence-electron chi connectivity index (χ3n) is 5.92. The van der Waals surface area contributed by atoms with Crippen LogP contribution in [-0.2, 0) is 4.74 Å². The molecule has 2 aromatic carbocycles. The number of nitrogens with one attached hydrogen (secondary N) is 3. The largest absolute Gasteiger partial charge is 0.378 e. The second kappa shape index (κ2) is 8.91. The maximum Gasteiger partial charge on any atom is 0.323 e. The number of pyridine rings is 1. The first-order valence-electron chi connectivity index (χ1n) is 11.0. The highest BCUT2D eigenvalue weighted by Gasteiger charge is 2.14. The number of hydrogen-bond donors (Lipinski definition) is 3. The molecule has 33 heavy (non-hydrogen) atoms. The molecule has 1 saturated heterocycles. The summed E-state index contributed by atoms with van der Waals surface area (Å²) in [4.78, 5) is 19.2. The van der Waals surface area contributed by atoms with Gasteiger partial charge in [-0.2, -0.15) is 5.10 Å². The van der Waals surface area contributed by atoms with Crippen molar-refractivity contribution in [3.05, 3.63) is 66.0 Å². The van der Waals surface area contributed by atoms with Crippen LogP contribution in [0.3, 0.4) is 0 Å². The maximum atomic E-state index is 12.6. The third kappa shape index (κ3) is 4.38. The fourth-order valence-corrected chi connectivity index (χ4v) is 4.16. The summed E-state index contributed by atoms with van der Waals surface area (Å²) in [6.07, 6.45) is 1.75. The molecule has 0 spiro atoms. The van der Waals surface area contributed by atoms with E-state index in [4.69, 9.17) is 4.74 Å². The Kier molecular flexibility index (Phi) is 5.66. The number of amides is 2. The molecule has 0 aliphatic carbocycles. The summed E-state index contributed by atoms with van der Waals surface area (Å²) in [5.41, 5.74) is 7.43. The van der Waals surface area contributed by atoms with Crippen molar-refractivity contribution in [2.45, 2.75) is 13.8 Å². The van der Waals surface area contributed by atoms with Crippen molar-refractivity contribution in [3.63, 3.8) is 0 Å². The summed E-state index contributed by atoms with van der Waals surface area (Å²) in [6, 6.07) is 15.5. The van der Waals surface area contributed by atoms with E-state index in [1.165, 1.54) is 0 Å². The lowest BCUT2D eigenvalue weighted by Gasteiger charge is -2.29. The summed E-state index contributed by atoms with van der Waals surface area (Å²) in [5, 5.41) is 14.1. The van der Waals surface area contributed by atoms with Gasteiger partial charge in [0, 0.05) is 47.4 Å². The zero-order chi connectivity index (χ0) is 22.8. The zero-order valence-electron chi connectivity index (χ0n) is 18.7. The smallest absolute Gasteiger partial charge is 0.323 e. The molecule has 2 amide bonds. The molecule has 5 rings (SSSR count). The van der Waals surface area contributed by atoms with Gasteiger partial charge in [0.15, 0.2) is 5.65 Å². The van der Waals surface area contributed by atoms with Crippen LogP contribution in [0.15, 0.2) is 54.7 Å². The maximum absolute atomic E-state index is 12.6. The highest BCUT2D eigenvalue weighted by atomic mass is 16.5. The standard InChI is InChI=1S/C25H26N6O2/c1-16-15-20(31-11-13-33-14-12-31)7-8-22(16)28-25(32)27-19-5-3-18(4-6-19)21-9-10-26-24-23(21)17(2)29-30-24/h3-10,15H,11-14H2,1-2H3,(H,26,29,30)(H2,27,28,32). The molecule has 0 radical (unpaired) electrons. The normalized spacial score (nSPS) is 13.8. The zero-order valence-corrected chi connectivity index (χ0v) is 18.7. The van der Waals surface area contributed by atoms with E-state index in [0.717, 1.165) is 65.4 Å². The van der Waals surface area contributed by atoms with Crippen LogP contribution in [0, 0.1) is 13.8 Å². The van der Waals surface area contributed by atoms with E-state index in [9.17, 15) is 4.79 Å². The molecular formula is C25H26N6O2. The van der Waals surface area contributed by atoms with Gasteiger partial charge in [-0.1, -0.05) is 12.1 Å². The average Bonchev–Trinajstić information content (AvgIpc) is 3.22. The predicted molar refractivity (Wildman–Crippen MR) is 131 cm³/mol. The van der Waals surface area contributed by atoms with Crippen LogP contribution in [0.5, 0.6) is 0 Å². The third-order valence-corrected chi connectivity index (χ3v) is 5.92. The van der Waals surface area contributed by atoms with E-state index in [0.29, 0.717) is 11.3 Å². The monoisotopic (exact) mass is 442 g/mol. The van der Waals surface area contributed by atoms with Crippen LogP contribution < -0.4 is 15.5 Å². The fraction of sp³-hybridized carbons (Fsp3) is 0.240. The second-order valence-corrected chi connectivity index (χ2v) is 8.16. The van der Waals surface area contributed by atoms with E-state index in [-0.39, 0.29) is 6.03 Å². The summed E-state index contributed by atoms with van der Waals surface area (Å²) >= 11 is 0. The van der Waals surface area contributed by atoms with Gasteiger partial charge >= 0.3 is 6.03 Å². The lowest BCUT2D eigenvalue weighted by atomic mass is 10.0. The first-order valence-corrected chi connectivity index (χ1v) is 11.0. The summed E-state index contributed by atoms with van der Waals surface area (Å²) in [5.74, 6) is 0. The van der Waals surface area contributed by atoms with Gasteiger partial charge in [-0.25, -0.2) is 9.78 Å². The summed E-state index contributed by atoms with van der Waals surface area (Å²) in [6.45, 7) is 7.24. The molecule has 0 unspecified atom stereocenters. The molecule has 168 valence electrons. The van der Waals surface area contributed by atoms with Crippen LogP contribution in [0.1, 0.15) is 11.3 Å². The number of carbonyl (C=O) groups excluding carboxylic acids is 1. The van der Waals surface area contributed by atoms with Crippen LogP contribution >= 0.6 is 0 Å². The van der Waals surface area contributed by atoms with Crippen molar-refractivity contribution in [3.8, 4) is 11.1 Å². The van der Waals surface area contributed by atoms with Crippen molar-refractivity contribution in [1.82, 2.24) is 15.2 Å². The molecule has 0 atom stereocenters. The number of aromatic amines is 1. The molecular weight excluding hydrogens is 416 g/mol. The molecule has 1 aliphatic heterocycles. The first-order chi connectivity index (χ1) is 16.1. The van der Waals surface area contributed by atoms with Gasteiger partial charge in [-0.05, 0) is 66.9 Å². The summed E-state index contributed by atoms with van der Waals surface area (Å²) in [7, 11) is 0. The number of fused-ring (bicyclic) bond motifs is 1. The van der Waals surface area contributed by atoms with Crippen LogP contribution in [-0.4, -0.2) is 47.5 Å². The van der Waals surface area contributed by atoms with Crippen molar-refractivity contribution in [1.29, 1.82) is 0 Å². The van der Waals surface area contributed by atoms with E-state index in [1.54, 1.807) is 6.20 Å². The molecule has 8 heteroatoms. The minimum atomic E-state index is -0.276. The molecule has 0 bridgehead atoms. The lowest BCUT2D eigenvalue weighted by Crippen LogP contribution is -2.36. The highest BCUT2D eigenvalue weighted by molar-refractivity contribution is 6.01. The van der Waals surface area contributed by atoms with Gasteiger partial charge in [0.05, 0.1) is 13.2 Å². The Hall–Kier alpha value is -3.91. The molecule has 8 nitrogen and oxygen atoms in total. The molecule has 1 fully saturated rings. The number of H-pyrrole nitrogens is 1. The molecule has 0 saturated carbocycles. The number of nitrogens with zero attached hydrogens (tertiary/aromatic N) is 3. The van der Waals surface area contributed by atoms with Gasteiger partial charge in [0.2, 0.25) is 0 Å². The minimum Gasteiger partial charge on any atom is -0.378 e. The number of aryl methyl sites for hydroxylation is 2. The Bertz CT molecular complexity index is 1290. The number of hydrogen-bond acceptors (Lipinski definition) is 5. The Morgan fingerprint density at radius 2 is 1.82 bits per heavy atom. The second-order valence-electron chi connectivity index (χ2n) is 8.16. The number of carbonyl (C=O) groups is 1. The number of ether oxygens (including phenoxy) is 1. The van der Waals surface area contributed by atoms with Gasteiger partial charge in [-0.3, -0.25) is 5.10 Å². The fourth-order valence-electron chi connectivity index (χ4n) is 4.16. The molecule has 3 N–H and O–H groups in total. The Morgan fingerprint density at radius 3 is 2.58 bits per heavy atom. The molecule has 2 aromatic heterocycles. The van der Waals surface area contributed by atoms with E-state index in [2.05, 4.69) is 36.8 Å². The number of aromatic nitrogens is 3. The van der Waals surface area contributed by atoms with Crippen molar-refractivity contribution < 1.29 is 9.53 Å². The van der Waals surface area contributed by atoms with Crippen LogP contribution in [0.4, 0.5) is 21.9 Å². The van der Waals surface area contributed by atoms with E-state index in [1.807, 2.05) is 56.3 Å². The highest BCUT2D eigenvalue weighted by Crippen LogP contribution is 2.29. The number of urea groups is 1. The van der Waals surface area contributed by atoms with Crippen LogP contribution in [0.25, 0.3) is 22.2 Å². The minimum absolute atomic E-state index is 0.276. The SMILES string of the molecule is Cc1cc(N2CCOCC2)ccc1NC(=O)Nc1ccc(-c2ccnc3n[nH]c(C)c23)cc1. The predicted octanol–water partition coefficient (Wildman–Crippen LogP) is 4.72. The van der Waals surface area contributed by atoms with Crippen molar-refractivity contribution in [2.75, 3.05) is 41.8 Å². The number of anilines is 3. The lowest BCUT2D eigenvalue weighted by molar-refractivity contribution is 0.122. The van der Waals surface area contributed by atoms with Crippen molar-refractivity contribution in [2.24, 2.45) is 0 Å². The number of benzene rings is 2. The Morgan fingerprint density at radius 1 is 1.03 bits per heavy atom. The topological polar surface area (TPSA) is 95.2 Å².